The Hall–Kier alpha value is -2.76. The normalized spacial score (nSPS) is 12.0. The number of hydrogen-bond acceptors (Lipinski definition) is 5. The molecule has 6 nitrogen and oxygen atoms in total. The molecule has 132 valence electrons. The Kier molecular flexibility index (Phi) is 6.62. The minimum absolute atomic E-state index is 0.143. The van der Waals surface area contributed by atoms with Gasteiger partial charge in [-0.1, -0.05) is 11.2 Å². The number of carboxylic acids is 1. The fraction of sp³-hybridized carbons (Fsp3) is 0.368. The summed E-state index contributed by atoms with van der Waals surface area (Å²) in [7, 11) is 0. The third-order valence-electron chi connectivity index (χ3n) is 3.94. The first-order chi connectivity index (χ1) is 12.0. The molecule has 0 spiro atoms. The molecule has 1 N–H and O–H groups in total. The number of aliphatic carboxylic acids is 1. The van der Waals surface area contributed by atoms with Crippen LogP contribution < -0.4 is 0 Å². The van der Waals surface area contributed by atoms with Gasteiger partial charge in [0, 0.05) is 42.2 Å². The van der Waals surface area contributed by atoms with Crippen molar-refractivity contribution in [2.75, 3.05) is 6.61 Å². The molecule has 0 saturated heterocycles. The maximum atomic E-state index is 10.5. The Balaban J connectivity index is 2.16. The van der Waals surface area contributed by atoms with Crippen LogP contribution in [-0.2, 0) is 15.0 Å². The first-order valence-corrected chi connectivity index (χ1v) is 8.25. The molecule has 25 heavy (non-hydrogen) atoms. The van der Waals surface area contributed by atoms with E-state index < -0.39 is 11.4 Å². The standard InChI is InChI=1S/C19H23N3O3/c1-19(2,16-8-6-11-21-14-16)18(15-7-5-10-20-13-15)22-25-12-4-3-9-17(23)24/h5-8,10-11,13-14H,3-4,9,12H2,1-2H3,(H,23,24). The van der Waals surface area contributed by atoms with Crippen LogP contribution in [0.5, 0.6) is 0 Å². The zero-order valence-electron chi connectivity index (χ0n) is 14.6. The van der Waals surface area contributed by atoms with Gasteiger partial charge in [-0.3, -0.25) is 14.8 Å². The Morgan fingerprint density at radius 3 is 2.48 bits per heavy atom. The lowest BCUT2D eigenvalue weighted by molar-refractivity contribution is -0.137. The fourth-order valence-electron chi connectivity index (χ4n) is 2.45. The molecule has 0 atom stereocenters. The van der Waals surface area contributed by atoms with Gasteiger partial charge in [-0.15, -0.1) is 0 Å². The largest absolute Gasteiger partial charge is 0.481 e. The number of aromatic nitrogens is 2. The maximum Gasteiger partial charge on any atom is 0.303 e. The molecular formula is C19H23N3O3. The Bertz CT molecular complexity index is 700. The molecule has 0 aliphatic rings. The molecule has 2 aromatic rings. The van der Waals surface area contributed by atoms with Crippen molar-refractivity contribution in [3.63, 3.8) is 0 Å². The molecule has 0 aliphatic heterocycles. The van der Waals surface area contributed by atoms with Gasteiger partial charge in [-0.2, -0.15) is 0 Å². The SMILES string of the molecule is CC(C)(C(=NOCCCCC(=O)O)c1cccnc1)c1cccnc1. The van der Waals surface area contributed by atoms with E-state index in [-0.39, 0.29) is 6.42 Å². The number of carboxylic acid groups (broad SMARTS) is 1. The second kappa shape index (κ2) is 8.92. The van der Waals surface area contributed by atoms with Crippen molar-refractivity contribution in [1.29, 1.82) is 0 Å². The number of unbranched alkanes of at least 4 members (excludes halogenated alkanes) is 1. The summed E-state index contributed by atoms with van der Waals surface area (Å²) < 4.78 is 0. The van der Waals surface area contributed by atoms with Crippen LogP contribution >= 0.6 is 0 Å². The average molecular weight is 341 g/mol. The van der Waals surface area contributed by atoms with E-state index in [4.69, 9.17) is 9.94 Å². The molecule has 0 unspecified atom stereocenters. The third kappa shape index (κ3) is 5.38. The van der Waals surface area contributed by atoms with E-state index in [0.717, 1.165) is 16.8 Å². The van der Waals surface area contributed by atoms with E-state index in [1.54, 1.807) is 18.6 Å². The summed E-state index contributed by atoms with van der Waals surface area (Å²) in [4.78, 5) is 24.4. The minimum Gasteiger partial charge on any atom is -0.481 e. The van der Waals surface area contributed by atoms with Crippen LogP contribution in [0.25, 0.3) is 0 Å². The Morgan fingerprint density at radius 2 is 1.88 bits per heavy atom. The zero-order valence-corrected chi connectivity index (χ0v) is 14.6. The topological polar surface area (TPSA) is 84.7 Å². The van der Waals surface area contributed by atoms with Gasteiger partial charge in [0.15, 0.2) is 0 Å². The number of nitrogens with zero attached hydrogens (tertiary/aromatic N) is 3. The molecule has 0 bridgehead atoms. The van der Waals surface area contributed by atoms with Crippen LogP contribution in [0.3, 0.4) is 0 Å². The van der Waals surface area contributed by atoms with Crippen LogP contribution in [0.4, 0.5) is 0 Å². The fourth-order valence-corrected chi connectivity index (χ4v) is 2.45. The summed E-state index contributed by atoms with van der Waals surface area (Å²) in [6.07, 6.45) is 8.38. The van der Waals surface area contributed by atoms with Gasteiger partial charge in [0.2, 0.25) is 0 Å². The van der Waals surface area contributed by atoms with Crippen LogP contribution in [0, 0.1) is 0 Å². The highest BCUT2D eigenvalue weighted by molar-refractivity contribution is 6.07. The molecule has 2 rings (SSSR count). The Morgan fingerprint density at radius 1 is 1.16 bits per heavy atom. The smallest absolute Gasteiger partial charge is 0.303 e. The van der Waals surface area contributed by atoms with Gasteiger partial charge in [-0.25, -0.2) is 0 Å². The van der Waals surface area contributed by atoms with Crippen molar-refractivity contribution in [1.82, 2.24) is 9.97 Å². The van der Waals surface area contributed by atoms with Gasteiger partial charge < -0.3 is 9.94 Å². The monoisotopic (exact) mass is 341 g/mol. The third-order valence-corrected chi connectivity index (χ3v) is 3.94. The highest BCUT2D eigenvalue weighted by Gasteiger charge is 2.30. The van der Waals surface area contributed by atoms with E-state index in [0.29, 0.717) is 19.4 Å². The number of hydrogen-bond donors (Lipinski definition) is 1. The lowest BCUT2D eigenvalue weighted by atomic mass is 9.78. The predicted octanol–water partition coefficient (Wildman–Crippen LogP) is 3.43. The van der Waals surface area contributed by atoms with Crippen molar-refractivity contribution in [2.45, 2.75) is 38.5 Å². The quantitative estimate of drug-likeness (QED) is 0.429. The highest BCUT2D eigenvalue weighted by atomic mass is 16.6. The van der Waals surface area contributed by atoms with Gasteiger partial charge in [0.05, 0.1) is 5.71 Å². The van der Waals surface area contributed by atoms with Crippen LogP contribution in [-0.4, -0.2) is 33.4 Å². The first-order valence-electron chi connectivity index (χ1n) is 8.25. The molecule has 2 heterocycles. The highest BCUT2D eigenvalue weighted by Crippen LogP contribution is 2.28. The van der Waals surface area contributed by atoms with Crippen LogP contribution in [0.15, 0.2) is 54.2 Å². The maximum absolute atomic E-state index is 10.5. The van der Waals surface area contributed by atoms with E-state index >= 15 is 0 Å². The molecule has 0 amide bonds. The van der Waals surface area contributed by atoms with Gasteiger partial charge in [-0.05, 0) is 50.5 Å². The summed E-state index contributed by atoms with van der Waals surface area (Å²) in [6.45, 7) is 4.49. The van der Waals surface area contributed by atoms with E-state index in [1.165, 1.54) is 0 Å². The lowest BCUT2D eigenvalue weighted by Gasteiger charge is -2.26. The van der Waals surface area contributed by atoms with Crippen molar-refractivity contribution in [3.8, 4) is 0 Å². The molecule has 0 aromatic carbocycles. The number of carbonyl (C=O) groups is 1. The Labute approximate surface area is 147 Å². The number of pyridine rings is 2. The predicted molar refractivity (Wildman–Crippen MR) is 95.5 cm³/mol. The van der Waals surface area contributed by atoms with Crippen molar-refractivity contribution in [2.24, 2.45) is 5.16 Å². The summed E-state index contributed by atoms with van der Waals surface area (Å²) in [5, 5.41) is 13.0. The summed E-state index contributed by atoms with van der Waals surface area (Å²) in [5.41, 5.74) is 2.24. The molecule has 0 saturated carbocycles. The van der Waals surface area contributed by atoms with E-state index in [2.05, 4.69) is 29.0 Å². The molecule has 6 heteroatoms. The van der Waals surface area contributed by atoms with Gasteiger partial charge >= 0.3 is 5.97 Å². The second-order valence-electron chi connectivity index (χ2n) is 6.23. The molecule has 0 aliphatic carbocycles. The minimum atomic E-state index is -0.794. The summed E-state index contributed by atoms with van der Waals surface area (Å²) in [6, 6.07) is 7.70. The van der Waals surface area contributed by atoms with Gasteiger partial charge in [0.1, 0.15) is 6.61 Å². The number of rotatable bonds is 9. The van der Waals surface area contributed by atoms with Crippen LogP contribution in [0.1, 0.15) is 44.2 Å². The summed E-state index contributed by atoms with van der Waals surface area (Å²) >= 11 is 0. The van der Waals surface area contributed by atoms with Crippen molar-refractivity contribution in [3.05, 3.63) is 60.2 Å². The molecule has 0 fully saturated rings. The van der Waals surface area contributed by atoms with Crippen molar-refractivity contribution < 1.29 is 14.7 Å². The van der Waals surface area contributed by atoms with Crippen molar-refractivity contribution >= 4 is 11.7 Å². The zero-order chi connectivity index (χ0) is 18.1. The van der Waals surface area contributed by atoms with E-state index in [9.17, 15) is 4.79 Å². The lowest BCUT2D eigenvalue weighted by Crippen LogP contribution is -2.30. The molecular weight excluding hydrogens is 318 g/mol. The van der Waals surface area contributed by atoms with Gasteiger partial charge in [0.25, 0.3) is 0 Å². The summed E-state index contributed by atoms with van der Waals surface area (Å²) in [5.74, 6) is -0.794. The van der Waals surface area contributed by atoms with Crippen LogP contribution in [0.2, 0.25) is 0 Å². The first kappa shape index (κ1) is 18.6. The molecule has 2 aromatic heterocycles. The second-order valence-corrected chi connectivity index (χ2v) is 6.23. The number of oxime groups is 1. The average Bonchev–Trinajstić information content (AvgIpc) is 2.62. The van der Waals surface area contributed by atoms with E-state index in [1.807, 2.05) is 30.5 Å². The molecule has 0 radical (unpaired) electrons.